The highest BCUT2D eigenvalue weighted by molar-refractivity contribution is 5.69. The standard InChI is InChI=1S/C19H35N3O2/c1-19(2,3)24-18(23)22-10-6-9-17(22)15-20-11-13-21(14-12-20)16-7-4-5-8-16/h16-17H,4-15H2,1-3H3/t17-/m1/s1. The van der Waals surface area contributed by atoms with Gasteiger partial charge in [0.1, 0.15) is 5.60 Å². The fraction of sp³-hybridized carbons (Fsp3) is 0.947. The van der Waals surface area contributed by atoms with Crippen LogP contribution in [0.15, 0.2) is 0 Å². The summed E-state index contributed by atoms with van der Waals surface area (Å²) < 4.78 is 5.59. The number of carbonyl (C=O) groups excluding carboxylic acids is 1. The lowest BCUT2D eigenvalue weighted by molar-refractivity contribution is 0.0167. The van der Waals surface area contributed by atoms with Crippen LogP contribution in [-0.2, 0) is 4.74 Å². The van der Waals surface area contributed by atoms with Crippen LogP contribution >= 0.6 is 0 Å². The summed E-state index contributed by atoms with van der Waals surface area (Å²) in [6, 6.07) is 1.18. The summed E-state index contributed by atoms with van der Waals surface area (Å²) in [5.41, 5.74) is -0.406. The van der Waals surface area contributed by atoms with Gasteiger partial charge in [-0.05, 0) is 46.5 Å². The van der Waals surface area contributed by atoms with Crippen LogP contribution in [0.1, 0.15) is 59.3 Å². The second kappa shape index (κ2) is 7.61. The maximum Gasteiger partial charge on any atom is 0.410 e. The van der Waals surface area contributed by atoms with E-state index >= 15 is 0 Å². The van der Waals surface area contributed by atoms with Crippen LogP contribution in [0.4, 0.5) is 4.79 Å². The largest absolute Gasteiger partial charge is 0.444 e. The van der Waals surface area contributed by atoms with E-state index in [0.717, 1.165) is 45.1 Å². The molecule has 0 aromatic heterocycles. The van der Waals surface area contributed by atoms with Gasteiger partial charge < -0.3 is 9.64 Å². The molecular formula is C19H35N3O2. The van der Waals surface area contributed by atoms with Gasteiger partial charge in [-0.1, -0.05) is 12.8 Å². The molecule has 2 aliphatic heterocycles. The zero-order valence-corrected chi connectivity index (χ0v) is 15.8. The highest BCUT2D eigenvalue weighted by atomic mass is 16.6. The summed E-state index contributed by atoms with van der Waals surface area (Å²) in [7, 11) is 0. The third-order valence-corrected chi connectivity index (χ3v) is 5.72. The molecule has 3 rings (SSSR count). The molecule has 0 spiro atoms. The van der Waals surface area contributed by atoms with Crippen molar-refractivity contribution in [3.05, 3.63) is 0 Å². The Bertz CT molecular complexity index is 421. The Labute approximate surface area is 147 Å². The van der Waals surface area contributed by atoms with Crippen molar-refractivity contribution in [1.29, 1.82) is 0 Å². The second-order valence-corrected chi connectivity index (χ2v) is 8.74. The van der Waals surface area contributed by atoms with Crippen molar-refractivity contribution in [3.63, 3.8) is 0 Å². The summed E-state index contributed by atoms with van der Waals surface area (Å²) in [5.74, 6) is 0. The summed E-state index contributed by atoms with van der Waals surface area (Å²) >= 11 is 0. The zero-order chi connectivity index (χ0) is 17.2. The van der Waals surface area contributed by atoms with Crippen LogP contribution in [0.25, 0.3) is 0 Å². The number of rotatable bonds is 3. The highest BCUT2D eigenvalue weighted by Gasteiger charge is 2.34. The Morgan fingerprint density at radius 2 is 1.62 bits per heavy atom. The summed E-state index contributed by atoms with van der Waals surface area (Å²) in [6.07, 6.45) is 7.71. The molecule has 0 bridgehead atoms. The van der Waals surface area contributed by atoms with Crippen LogP contribution in [0, 0.1) is 0 Å². The molecule has 1 aliphatic carbocycles. The van der Waals surface area contributed by atoms with Gasteiger partial charge in [-0.3, -0.25) is 9.80 Å². The first-order chi connectivity index (χ1) is 11.4. The minimum Gasteiger partial charge on any atom is -0.444 e. The van der Waals surface area contributed by atoms with Gasteiger partial charge in [-0.15, -0.1) is 0 Å². The number of hydrogen-bond acceptors (Lipinski definition) is 4. The SMILES string of the molecule is CC(C)(C)OC(=O)N1CCC[C@@H]1CN1CCN(C2CCCC2)CC1. The van der Waals surface area contributed by atoms with E-state index in [1.807, 2.05) is 25.7 Å². The molecule has 0 radical (unpaired) electrons. The van der Waals surface area contributed by atoms with Crippen molar-refractivity contribution >= 4 is 6.09 Å². The highest BCUT2D eigenvalue weighted by Crippen LogP contribution is 2.25. The summed E-state index contributed by atoms with van der Waals surface area (Å²) in [6.45, 7) is 12.4. The third kappa shape index (κ3) is 4.63. The normalized spacial score (nSPS) is 27.8. The van der Waals surface area contributed by atoms with Crippen LogP contribution in [0.3, 0.4) is 0 Å². The molecular weight excluding hydrogens is 302 g/mol. The van der Waals surface area contributed by atoms with Crippen molar-refractivity contribution in [2.75, 3.05) is 39.3 Å². The summed E-state index contributed by atoms with van der Waals surface area (Å²) in [4.78, 5) is 19.6. The lowest BCUT2D eigenvalue weighted by Gasteiger charge is -2.40. The quantitative estimate of drug-likeness (QED) is 0.793. The molecule has 2 heterocycles. The van der Waals surface area contributed by atoms with E-state index in [2.05, 4.69) is 9.80 Å². The average Bonchev–Trinajstić information content (AvgIpc) is 3.17. The smallest absolute Gasteiger partial charge is 0.410 e. The van der Waals surface area contributed by atoms with E-state index in [1.54, 1.807) is 0 Å². The van der Waals surface area contributed by atoms with Crippen molar-refractivity contribution in [3.8, 4) is 0 Å². The maximum absolute atomic E-state index is 12.4. The fourth-order valence-electron chi connectivity index (χ4n) is 4.46. The van der Waals surface area contributed by atoms with Crippen LogP contribution in [0.2, 0.25) is 0 Å². The Hall–Kier alpha value is -0.810. The Kier molecular flexibility index (Phi) is 5.70. The van der Waals surface area contributed by atoms with E-state index in [9.17, 15) is 4.79 Å². The van der Waals surface area contributed by atoms with E-state index in [4.69, 9.17) is 4.74 Å². The first-order valence-corrected chi connectivity index (χ1v) is 9.88. The lowest BCUT2D eigenvalue weighted by atomic mass is 10.1. The molecule has 0 unspecified atom stereocenters. The van der Waals surface area contributed by atoms with Gasteiger partial charge in [0.2, 0.25) is 0 Å². The van der Waals surface area contributed by atoms with Crippen molar-refractivity contribution in [1.82, 2.24) is 14.7 Å². The first-order valence-electron chi connectivity index (χ1n) is 9.88. The number of amides is 1. The molecule has 138 valence electrons. The van der Waals surface area contributed by atoms with Gasteiger partial charge in [-0.2, -0.15) is 0 Å². The lowest BCUT2D eigenvalue weighted by Crippen LogP contribution is -2.53. The van der Waals surface area contributed by atoms with Crippen LogP contribution in [0.5, 0.6) is 0 Å². The fourth-order valence-corrected chi connectivity index (χ4v) is 4.46. The maximum atomic E-state index is 12.4. The Morgan fingerprint density at radius 1 is 0.958 bits per heavy atom. The van der Waals surface area contributed by atoms with Gasteiger partial charge in [0, 0.05) is 51.4 Å². The number of ether oxygens (including phenoxy) is 1. The predicted octanol–water partition coefficient (Wildman–Crippen LogP) is 2.95. The van der Waals surface area contributed by atoms with Crippen molar-refractivity contribution in [2.24, 2.45) is 0 Å². The van der Waals surface area contributed by atoms with Crippen LogP contribution < -0.4 is 0 Å². The van der Waals surface area contributed by atoms with E-state index in [1.165, 1.54) is 38.8 Å². The zero-order valence-electron chi connectivity index (χ0n) is 15.8. The number of likely N-dealkylation sites (tertiary alicyclic amines) is 1. The molecule has 1 amide bonds. The minimum absolute atomic E-state index is 0.130. The van der Waals surface area contributed by atoms with Crippen LogP contribution in [-0.4, -0.2) is 77.7 Å². The molecule has 0 aromatic rings. The van der Waals surface area contributed by atoms with E-state index < -0.39 is 5.60 Å². The summed E-state index contributed by atoms with van der Waals surface area (Å²) in [5, 5.41) is 0. The second-order valence-electron chi connectivity index (χ2n) is 8.74. The molecule has 0 aromatic carbocycles. The predicted molar refractivity (Wildman–Crippen MR) is 96.2 cm³/mol. The molecule has 1 saturated carbocycles. The van der Waals surface area contributed by atoms with Gasteiger partial charge in [0.25, 0.3) is 0 Å². The van der Waals surface area contributed by atoms with Crippen molar-refractivity contribution < 1.29 is 9.53 Å². The van der Waals surface area contributed by atoms with Crippen molar-refractivity contribution in [2.45, 2.75) is 77.0 Å². The van der Waals surface area contributed by atoms with E-state index in [-0.39, 0.29) is 6.09 Å². The molecule has 5 heteroatoms. The van der Waals surface area contributed by atoms with Gasteiger partial charge >= 0.3 is 6.09 Å². The molecule has 2 saturated heterocycles. The molecule has 3 aliphatic rings. The molecule has 3 fully saturated rings. The molecule has 5 nitrogen and oxygen atoms in total. The van der Waals surface area contributed by atoms with Gasteiger partial charge in [-0.25, -0.2) is 4.79 Å². The number of carbonyl (C=O) groups is 1. The van der Waals surface area contributed by atoms with Gasteiger partial charge in [0.05, 0.1) is 0 Å². The Morgan fingerprint density at radius 3 is 2.25 bits per heavy atom. The Balaban J connectivity index is 1.46. The third-order valence-electron chi connectivity index (χ3n) is 5.72. The van der Waals surface area contributed by atoms with E-state index in [0.29, 0.717) is 6.04 Å². The number of nitrogens with zero attached hydrogens (tertiary/aromatic N) is 3. The van der Waals surface area contributed by atoms with Gasteiger partial charge in [0.15, 0.2) is 0 Å². The monoisotopic (exact) mass is 337 g/mol. The minimum atomic E-state index is -0.406. The topological polar surface area (TPSA) is 36.0 Å². The molecule has 0 N–H and O–H groups in total. The molecule has 1 atom stereocenters. The molecule has 24 heavy (non-hydrogen) atoms. The first kappa shape index (κ1) is 18.0. The average molecular weight is 338 g/mol. The number of hydrogen-bond donors (Lipinski definition) is 0. The number of piperazine rings is 1.